The summed E-state index contributed by atoms with van der Waals surface area (Å²) in [5, 5.41) is 4.10. The van der Waals surface area contributed by atoms with Gasteiger partial charge in [0, 0.05) is 8.95 Å². The molecule has 0 atom stereocenters. The number of halogens is 4. The van der Waals surface area contributed by atoms with Gasteiger partial charge in [-0.3, -0.25) is 0 Å². The molecule has 6 heteroatoms. The monoisotopic (exact) mass is 408 g/mol. The van der Waals surface area contributed by atoms with Crippen molar-refractivity contribution in [2.45, 2.75) is 0 Å². The Kier molecular flexibility index (Phi) is 4.43. The van der Waals surface area contributed by atoms with E-state index in [-0.39, 0.29) is 0 Å². The molecular formula is C12H8Br2Cl2N2. The molecule has 3 N–H and O–H groups in total. The second-order valence-corrected chi connectivity index (χ2v) is 6.19. The summed E-state index contributed by atoms with van der Waals surface area (Å²) in [7, 11) is 0. The standard InChI is InChI=1S/C12H8Br2Cl2N2/c13-6-1-2-7(14)11(3-6)18-12-5-9(16)8(15)4-10(12)17/h1-5,18H,17H2. The first-order valence-electron chi connectivity index (χ1n) is 4.94. The zero-order valence-corrected chi connectivity index (χ0v) is 13.7. The maximum atomic E-state index is 5.97. The number of nitrogens with two attached hydrogens (primary N) is 1. The Morgan fingerprint density at radius 3 is 2.33 bits per heavy atom. The summed E-state index contributed by atoms with van der Waals surface area (Å²) in [6, 6.07) is 9.13. The summed E-state index contributed by atoms with van der Waals surface area (Å²) < 4.78 is 1.89. The van der Waals surface area contributed by atoms with Crippen molar-refractivity contribution in [1.29, 1.82) is 0 Å². The fourth-order valence-corrected chi connectivity index (χ4v) is 2.45. The molecule has 0 aliphatic heterocycles. The molecule has 0 fully saturated rings. The van der Waals surface area contributed by atoms with Crippen LogP contribution in [0.25, 0.3) is 0 Å². The minimum atomic E-state index is 0.438. The zero-order chi connectivity index (χ0) is 13.3. The van der Waals surface area contributed by atoms with E-state index in [2.05, 4.69) is 37.2 Å². The highest BCUT2D eigenvalue weighted by Gasteiger charge is 2.07. The highest BCUT2D eigenvalue weighted by molar-refractivity contribution is 9.11. The van der Waals surface area contributed by atoms with Crippen molar-refractivity contribution in [2.24, 2.45) is 0 Å². The molecule has 0 radical (unpaired) electrons. The number of rotatable bonds is 2. The smallest absolute Gasteiger partial charge is 0.0634 e. The fraction of sp³-hybridized carbons (Fsp3) is 0. The van der Waals surface area contributed by atoms with Gasteiger partial charge in [0.1, 0.15) is 0 Å². The first-order valence-corrected chi connectivity index (χ1v) is 7.28. The van der Waals surface area contributed by atoms with Crippen LogP contribution in [0, 0.1) is 0 Å². The van der Waals surface area contributed by atoms with Crippen LogP contribution in [-0.4, -0.2) is 0 Å². The van der Waals surface area contributed by atoms with E-state index in [1.807, 2.05) is 18.2 Å². The lowest BCUT2D eigenvalue weighted by molar-refractivity contribution is 1.50. The van der Waals surface area contributed by atoms with Gasteiger partial charge in [-0.05, 0) is 46.3 Å². The highest BCUT2D eigenvalue weighted by Crippen LogP contribution is 2.35. The maximum Gasteiger partial charge on any atom is 0.0634 e. The molecule has 0 aliphatic rings. The molecule has 0 aliphatic carbocycles. The lowest BCUT2D eigenvalue weighted by atomic mass is 10.2. The van der Waals surface area contributed by atoms with E-state index in [0.717, 1.165) is 14.6 Å². The second-order valence-electron chi connectivity index (χ2n) is 3.60. The number of nitrogens with one attached hydrogen (secondary N) is 1. The van der Waals surface area contributed by atoms with E-state index in [4.69, 9.17) is 28.9 Å². The summed E-state index contributed by atoms with van der Waals surface area (Å²) in [5.41, 5.74) is 8.03. The summed E-state index contributed by atoms with van der Waals surface area (Å²) in [6.45, 7) is 0. The Morgan fingerprint density at radius 1 is 0.944 bits per heavy atom. The van der Waals surface area contributed by atoms with E-state index >= 15 is 0 Å². The molecule has 2 aromatic rings. The highest BCUT2D eigenvalue weighted by atomic mass is 79.9. The summed E-state index contributed by atoms with van der Waals surface area (Å²) >= 11 is 18.7. The Bertz CT molecular complexity index is 603. The average molecular weight is 411 g/mol. The van der Waals surface area contributed by atoms with Gasteiger partial charge >= 0.3 is 0 Å². The van der Waals surface area contributed by atoms with Gasteiger partial charge in [-0.2, -0.15) is 0 Å². The molecule has 0 amide bonds. The number of hydrogen-bond acceptors (Lipinski definition) is 2. The number of hydrogen-bond donors (Lipinski definition) is 2. The molecule has 0 saturated carbocycles. The molecule has 0 aromatic heterocycles. The third kappa shape index (κ3) is 3.12. The molecule has 2 aromatic carbocycles. The van der Waals surface area contributed by atoms with Crippen molar-refractivity contribution >= 4 is 72.1 Å². The predicted octanol–water partition coefficient (Wildman–Crippen LogP) is 5.84. The molecule has 0 heterocycles. The summed E-state index contributed by atoms with van der Waals surface area (Å²) in [5.74, 6) is 0. The SMILES string of the molecule is Nc1cc(Cl)c(Cl)cc1Nc1cc(Br)ccc1Br. The van der Waals surface area contributed by atoms with Crippen LogP contribution in [-0.2, 0) is 0 Å². The van der Waals surface area contributed by atoms with Gasteiger partial charge in [0.25, 0.3) is 0 Å². The predicted molar refractivity (Wildman–Crippen MR) is 86.0 cm³/mol. The van der Waals surface area contributed by atoms with Crippen LogP contribution in [0.5, 0.6) is 0 Å². The normalized spacial score (nSPS) is 10.4. The Morgan fingerprint density at radius 2 is 1.61 bits per heavy atom. The Labute approximate surface area is 132 Å². The van der Waals surface area contributed by atoms with Gasteiger partial charge in [-0.15, -0.1) is 0 Å². The third-order valence-electron chi connectivity index (χ3n) is 2.29. The molecule has 0 bridgehead atoms. The molecule has 0 unspecified atom stereocenters. The maximum absolute atomic E-state index is 5.97. The summed E-state index contributed by atoms with van der Waals surface area (Å²) in [4.78, 5) is 0. The van der Waals surface area contributed by atoms with Gasteiger partial charge in [-0.25, -0.2) is 0 Å². The molecular weight excluding hydrogens is 403 g/mol. The van der Waals surface area contributed by atoms with Crippen LogP contribution in [0.4, 0.5) is 17.1 Å². The zero-order valence-electron chi connectivity index (χ0n) is 8.98. The topological polar surface area (TPSA) is 38.0 Å². The lowest BCUT2D eigenvalue weighted by Gasteiger charge is -2.12. The van der Waals surface area contributed by atoms with Crippen molar-refractivity contribution in [3.05, 3.63) is 49.3 Å². The van der Waals surface area contributed by atoms with Crippen LogP contribution < -0.4 is 11.1 Å². The van der Waals surface area contributed by atoms with E-state index in [1.165, 1.54) is 0 Å². The van der Waals surface area contributed by atoms with Crippen LogP contribution in [0.2, 0.25) is 10.0 Å². The number of nitrogen functional groups attached to an aromatic ring is 1. The average Bonchev–Trinajstić information content (AvgIpc) is 2.30. The number of benzene rings is 2. The van der Waals surface area contributed by atoms with Gasteiger partial charge in [0.15, 0.2) is 0 Å². The minimum absolute atomic E-state index is 0.438. The number of anilines is 3. The first kappa shape index (κ1) is 14.0. The van der Waals surface area contributed by atoms with Gasteiger partial charge in [0.05, 0.1) is 27.1 Å². The van der Waals surface area contributed by atoms with E-state index in [9.17, 15) is 0 Å². The molecule has 0 saturated heterocycles. The van der Waals surface area contributed by atoms with E-state index < -0.39 is 0 Å². The summed E-state index contributed by atoms with van der Waals surface area (Å²) in [6.07, 6.45) is 0. The van der Waals surface area contributed by atoms with Crippen molar-refractivity contribution in [2.75, 3.05) is 11.1 Å². The second kappa shape index (κ2) is 5.70. The third-order valence-corrected chi connectivity index (χ3v) is 4.20. The van der Waals surface area contributed by atoms with Crippen LogP contribution in [0.15, 0.2) is 39.3 Å². The molecule has 94 valence electrons. The van der Waals surface area contributed by atoms with Gasteiger partial charge in [-0.1, -0.05) is 39.1 Å². The lowest BCUT2D eigenvalue weighted by Crippen LogP contribution is -1.97. The van der Waals surface area contributed by atoms with E-state index in [1.54, 1.807) is 12.1 Å². The van der Waals surface area contributed by atoms with Crippen molar-refractivity contribution in [3.63, 3.8) is 0 Å². The van der Waals surface area contributed by atoms with Crippen molar-refractivity contribution in [1.82, 2.24) is 0 Å². The molecule has 0 spiro atoms. The molecule has 2 rings (SSSR count). The largest absolute Gasteiger partial charge is 0.397 e. The van der Waals surface area contributed by atoms with Gasteiger partial charge < -0.3 is 11.1 Å². The van der Waals surface area contributed by atoms with E-state index in [0.29, 0.717) is 21.4 Å². The minimum Gasteiger partial charge on any atom is -0.397 e. The Hall–Kier alpha value is -0.420. The quantitative estimate of drug-likeness (QED) is 0.610. The molecule has 2 nitrogen and oxygen atoms in total. The Balaban J connectivity index is 2.40. The van der Waals surface area contributed by atoms with Crippen LogP contribution in [0.3, 0.4) is 0 Å². The van der Waals surface area contributed by atoms with Crippen molar-refractivity contribution in [3.8, 4) is 0 Å². The molecule has 18 heavy (non-hydrogen) atoms. The van der Waals surface area contributed by atoms with Crippen LogP contribution in [0.1, 0.15) is 0 Å². The van der Waals surface area contributed by atoms with Crippen molar-refractivity contribution < 1.29 is 0 Å². The first-order chi connectivity index (χ1) is 8.47. The fourth-order valence-electron chi connectivity index (χ4n) is 1.41. The van der Waals surface area contributed by atoms with Gasteiger partial charge in [0.2, 0.25) is 0 Å². The van der Waals surface area contributed by atoms with Crippen LogP contribution >= 0.6 is 55.1 Å².